The molecule has 0 saturated carbocycles. The van der Waals surface area contributed by atoms with E-state index in [0.29, 0.717) is 13.1 Å². The molecule has 0 atom stereocenters. The highest BCUT2D eigenvalue weighted by Crippen LogP contribution is 2.31. The molecule has 0 aromatic heterocycles. The van der Waals surface area contributed by atoms with Gasteiger partial charge in [-0.25, -0.2) is 4.39 Å². The van der Waals surface area contributed by atoms with Crippen LogP contribution in [-0.4, -0.2) is 25.4 Å². The summed E-state index contributed by atoms with van der Waals surface area (Å²) in [5, 5.41) is 2.93. The molecule has 0 aromatic carbocycles. The predicted octanol–water partition coefficient (Wildman–Crippen LogP) is 0.992. The summed E-state index contributed by atoms with van der Waals surface area (Å²) in [7, 11) is 0. The second-order valence-electron chi connectivity index (χ2n) is 3.19. The molecular formula is C8H12FNO. The number of alkyl halides is 1. The largest absolute Gasteiger partial charge is 0.501 e. The van der Waals surface area contributed by atoms with Gasteiger partial charge in [-0.3, -0.25) is 0 Å². The minimum Gasteiger partial charge on any atom is -0.501 e. The lowest BCUT2D eigenvalue weighted by Gasteiger charge is -2.37. The average molecular weight is 157 g/mol. The summed E-state index contributed by atoms with van der Waals surface area (Å²) >= 11 is 0. The fourth-order valence-corrected chi connectivity index (χ4v) is 1.47. The third-order valence-corrected chi connectivity index (χ3v) is 2.32. The molecule has 2 nitrogen and oxygen atoms in total. The van der Waals surface area contributed by atoms with E-state index >= 15 is 0 Å². The second kappa shape index (κ2) is 2.48. The van der Waals surface area contributed by atoms with Gasteiger partial charge < -0.3 is 10.1 Å². The van der Waals surface area contributed by atoms with E-state index in [1.54, 1.807) is 6.26 Å². The van der Waals surface area contributed by atoms with E-state index in [0.717, 1.165) is 25.0 Å². The lowest BCUT2D eigenvalue weighted by molar-refractivity contribution is 0.108. The molecule has 2 aliphatic rings. The third-order valence-electron chi connectivity index (χ3n) is 2.32. The van der Waals surface area contributed by atoms with Crippen LogP contribution in [0.1, 0.15) is 12.8 Å². The average Bonchev–Trinajstić information content (AvgIpc) is 2.02. The van der Waals surface area contributed by atoms with Crippen LogP contribution in [0.4, 0.5) is 4.39 Å². The zero-order valence-corrected chi connectivity index (χ0v) is 6.40. The first-order valence-corrected chi connectivity index (χ1v) is 4.02. The first kappa shape index (κ1) is 7.10. The van der Waals surface area contributed by atoms with Crippen LogP contribution >= 0.6 is 0 Å². The fraction of sp³-hybridized carbons (Fsp3) is 0.750. The molecule has 2 heterocycles. The van der Waals surface area contributed by atoms with Crippen molar-refractivity contribution in [2.24, 2.45) is 0 Å². The minimum absolute atomic E-state index is 0.461. The van der Waals surface area contributed by atoms with Gasteiger partial charge in [-0.2, -0.15) is 0 Å². The van der Waals surface area contributed by atoms with Crippen molar-refractivity contribution in [2.45, 2.75) is 18.5 Å². The zero-order valence-electron chi connectivity index (χ0n) is 6.40. The standard InChI is InChI=1S/C8H12FNO/c9-8(5-10-6-8)7-2-1-3-11-4-7/h4,10H,1-3,5-6H2. The van der Waals surface area contributed by atoms with Crippen molar-refractivity contribution in [3.63, 3.8) is 0 Å². The van der Waals surface area contributed by atoms with Crippen LogP contribution in [0.25, 0.3) is 0 Å². The number of hydrogen-bond donors (Lipinski definition) is 1. The molecule has 0 aliphatic carbocycles. The van der Waals surface area contributed by atoms with Crippen LogP contribution < -0.4 is 5.32 Å². The topological polar surface area (TPSA) is 21.3 Å². The summed E-state index contributed by atoms with van der Waals surface area (Å²) in [5.74, 6) is 0. The van der Waals surface area contributed by atoms with E-state index in [-0.39, 0.29) is 0 Å². The van der Waals surface area contributed by atoms with Crippen molar-refractivity contribution in [1.82, 2.24) is 5.32 Å². The first-order valence-electron chi connectivity index (χ1n) is 4.02. The Morgan fingerprint density at radius 3 is 2.82 bits per heavy atom. The van der Waals surface area contributed by atoms with E-state index in [4.69, 9.17) is 4.74 Å². The van der Waals surface area contributed by atoms with Crippen LogP contribution in [0.2, 0.25) is 0 Å². The quantitative estimate of drug-likeness (QED) is 0.613. The van der Waals surface area contributed by atoms with Gasteiger partial charge in [0.25, 0.3) is 0 Å². The molecule has 0 spiro atoms. The minimum atomic E-state index is -1.08. The maximum atomic E-state index is 13.6. The SMILES string of the molecule is FC1(C2=COCCC2)CNC1. The highest BCUT2D eigenvalue weighted by atomic mass is 19.1. The molecule has 0 aromatic rings. The summed E-state index contributed by atoms with van der Waals surface area (Å²) in [4.78, 5) is 0. The zero-order chi connectivity index (χ0) is 7.73. The molecule has 0 amide bonds. The maximum Gasteiger partial charge on any atom is 0.159 e. The van der Waals surface area contributed by atoms with Gasteiger partial charge in [0.05, 0.1) is 12.9 Å². The summed E-state index contributed by atoms with van der Waals surface area (Å²) in [6.07, 6.45) is 3.42. The smallest absolute Gasteiger partial charge is 0.159 e. The van der Waals surface area contributed by atoms with Crippen LogP contribution in [0.3, 0.4) is 0 Å². The summed E-state index contributed by atoms with van der Waals surface area (Å²) in [6.45, 7) is 1.66. The molecule has 0 bridgehead atoms. The molecule has 2 aliphatic heterocycles. The van der Waals surface area contributed by atoms with Gasteiger partial charge in [0, 0.05) is 18.7 Å². The monoisotopic (exact) mass is 157 g/mol. The van der Waals surface area contributed by atoms with E-state index < -0.39 is 5.67 Å². The second-order valence-corrected chi connectivity index (χ2v) is 3.19. The van der Waals surface area contributed by atoms with Gasteiger partial charge in [-0.15, -0.1) is 0 Å². The Hall–Kier alpha value is -0.570. The molecule has 62 valence electrons. The van der Waals surface area contributed by atoms with Crippen molar-refractivity contribution >= 4 is 0 Å². The number of ether oxygens (including phenoxy) is 1. The van der Waals surface area contributed by atoms with Gasteiger partial charge in [0.2, 0.25) is 0 Å². The molecule has 0 unspecified atom stereocenters. The van der Waals surface area contributed by atoms with Crippen LogP contribution in [0, 0.1) is 0 Å². The molecular weight excluding hydrogens is 145 g/mol. The number of rotatable bonds is 1. The molecule has 0 radical (unpaired) electrons. The van der Waals surface area contributed by atoms with Crippen molar-refractivity contribution < 1.29 is 9.13 Å². The fourth-order valence-electron chi connectivity index (χ4n) is 1.47. The van der Waals surface area contributed by atoms with E-state index in [9.17, 15) is 4.39 Å². The molecule has 1 N–H and O–H groups in total. The third kappa shape index (κ3) is 1.13. The number of hydrogen-bond acceptors (Lipinski definition) is 2. The van der Waals surface area contributed by atoms with E-state index in [1.807, 2.05) is 0 Å². The van der Waals surface area contributed by atoms with Gasteiger partial charge in [0.15, 0.2) is 5.67 Å². The first-order chi connectivity index (χ1) is 5.31. The maximum absolute atomic E-state index is 13.6. The lowest BCUT2D eigenvalue weighted by atomic mass is 9.87. The van der Waals surface area contributed by atoms with Gasteiger partial charge in [-0.1, -0.05) is 0 Å². The number of nitrogens with one attached hydrogen (secondary N) is 1. The van der Waals surface area contributed by atoms with Crippen LogP contribution in [0.5, 0.6) is 0 Å². The summed E-state index contributed by atoms with van der Waals surface area (Å²) < 4.78 is 18.7. The van der Waals surface area contributed by atoms with Crippen molar-refractivity contribution in [3.05, 3.63) is 11.8 Å². The van der Waals surface area contributed by atoms with Gasteiger partial charge >= 0.3 is 0 Å². The predicted molar refractivity (Wildman–Crippen MR) is 40.0 cm³/mol. The Morgan fingerprint density at radius 1 is 1.55 bits per heavy atom. The van der Waals surface area contributed by atoms with Gasteiger partial charge in [0.1, 0.15) is 0 Å². The van der Waals surface area contributed by atoms with Crippen molar-refractivity contribution in [2.75, 3.05) is 19.7 Å². The Kier molecular flexibility index (Phi) is 1.60. The van der Waals surface area contributed by atoms with Crippen LogP contribution in [-0.2, 0) is 4.74 Å². The Bertz CT molecular complexity index is 187. The van der Waals surface area contributed by atoms with Crippen molar-refractivity contribution in [1.29, 1.82) is 0 Å². The normalized spacial score (nSPS) is 28.3. The highest BCUT2D eigenvalue weighted by Gasteiger charge is 2.41. The summed E-state index contributed by atoms with van der Waals surface area (Å²) in [6, 6.07) is 0. The molecule has 1 fully saturated rings. The molecule has 2 rings (SSSR count). The van der Waals surface area contributed by atoms with E-state index in [2.05, 4.69) is 5.32 Å². The Labute approximate surface area is 65.4 Å². The van der Waals surface area contributed by atoms with Crippen molar-refractivity contribution in [3.8, 4) is 0 Å². The van der Waals surface area contributed by atoms with Gasteiger partial charge in [-0.05, 0) is 12.8 Å². The molecule has 3 heteroatoms. The Balaban J connectivity index is 2.07. The lowest BCUT2D eigenvalue weighted by Crippen LogP contribution is -2.57. The highest BCUT2D eigenvalue weighted by molar-refractivity contribution is 5.22. The molecule has 1 saturated heterocycles. The molecule has 11 heavy (non-hydrogen) atoms. The Morgan fingerprint density at radius 2 is 2.36 bits per heavy atom. The number of halogens is 1. The van der Waals surface area contributed by atoms with Crippen LogP contribution in [0.15, 0.2) is 11.8 Å². The van der Waals surface area contributed by atoms with E-state index in [1.165, 1.54) is 0 Å². The summed E-state index contributed by atoms with van der Waals surface area (Å²) in [5.41, 5.74) is -0.247.